The van der Waals surface area contributed by atoms with Crippen LogP contribution in [-0.4, -0.2) is 24.9 Å². The second-order valence-electron chi connectivity index (χ2n) is 1.45. The predicted octanol–water partition coefficient (Wildman–Crippen LogP) is 1.43. The van der Waals surface area contributed by atoms with Gasteiger partial charge in [0.15, 0.2) is 0 Å². The Kier molecular flexibility index (Phi) is 14.0. The van der Waals surface area contributed by atoms with Crippen molar-refractivity contribution >= 4 is 0 Å². The summed E-state index contributed by atoms with van der Waals surface area (Å²) >= 11 is 0. The molecular weight excluding hydrogens is 116 g/mol. The third kappa shape index (κ3) is 7.92. The van der Waals surface area contributed by atoms with Crippen LogP contribution in [0.4, 0.5) is 0 Å². The van der Waals surface area contributed by atoms with E-state index in [1.165, 1.54) is 0 Å². The highest BCUT2D eigenvalue weighted by atomic mass is 16.5. The van der Waals surface area contributed by atoms with Crippen LogP contribution in [0.15, 0.2) is 0 Å². The van der Waals surface area contributed by atoms with Gasteiger partial charge in [-0.25, -0.2) is 0 Å². The molecule has 9 heavy (non-hydrogen) atoms. The highest BCUT2D eigenvalue weighted by Crippen LogP contribution is 1.91. The van der Waals surface area contributed by atoms with Crippen molar-refractivity contribution in [2.24, 2.45) is 0 Å². The molecule has 58 valence electrons. The molecule has 0 radical (unpaired) electrons. The molecule has 0 aromatic carbocycles. The van der Waals surface area contributed by atoms with Crippen molar-refractivity contribution in [1.82, 2.24) is 0 Å². The molecule has 0 fully saturated rings. The summed E-state index contributed by atoms with van der Waals surface area (Å²) in [5.41, 5.74) is 0. The fourth-order valence-corrected chi connectivity index (χ4v) is 0.370. The van der Waals surface area contributed by atoms with E-state index >= 15 is 0 Å². The van der Waals surface area contributed by atoms with E-state index in [9.17, 15) is 0 Å². The van der Waals surface area contributed by atoms with E-state index in [1.54, 1.807) is 7.11 Å². The van der Waals surface area contributed by atoms with Crippen LogP contribution in [0.2, 0.25) is 0 Å². The van der Waals surface area contributed by atoms with Crippen LogP contribution in [0.5, 0.6) is 0 Å². The van der Waals surface area contributed by atoms with Crippen LogP contribution in [0.3, 0.4) is 0 Å². The van der Waals surface area contributed by atoms with Gasteiger partial charge >= 0.3 is 0 Å². The first kappa shape index (κ1) is 11.7. The zero-order valence-corrected chi connectivity index (χ0v) is 6.85. The van der Waals surface area contributed by atoms with Gasteiger partial charge < -0.3 is 9.84 Å². The van der Waals surface area contributed by atoms with Crippen molar-refractivity contribution in [3.8, 4) is 0 Å². The normalized spacial score (nSPS) is 11.7. The van der Waals surface area contributed by atoms with Crippen LogP contribution < -0.4 is 0 Å². The molecule has 0 saturated carbocycles. The maximum absolute atomic E-state index is 8.40. The van der Waals surface area contributed by atoms with Gasteiger partial charge in [-0.2, -0.15) is 0 Å². The second-order valence-corrected chi connectivity index (χ2v) is 1.45. The van der Waals surface area contributed by atoms with E-state index in [4.69, 9.17) is 9.84 Å². The van der Waals surface area contributed by atoms with Crippen LogP contribution >= 0.6 is 0 Å². The van der Waals surface area contributed by atoms with Gasteiger partial charge in [0.25, 0.3) is 0 Å². The molecule has 0 aromatic rings. The molecule has 2 nitrogen and oxygen atoms in total. The Morgan fingerprint density at radius 1 is 1.44 bits per heavy atom. The highest BCUT2D eigenvalue weighted by Gasteiger charge is 1.97. The summed E-state index contributed by atoms with van der Waals surface area (Å²) in [4.78, 5) is 0. The third-order valence-electron chi connectivity index (χ3n) is 0.992. The topological polar surface area (TPSA) is 29.5 Å². The number of ether oxygens (including phenoxy) is 1. The molecule has 0 saturated heterocycles. The minimum absolute atomic E-state index is 0.0417. The number of hydrogen-bond acceptors (Lipinski definition) is 2. The summed E-state index contributed by atoms with van der Waals surface area (Å²) in [6, 6.07) is 0. The van der Waals surface area contributed by atoms with E-state index < -0.39 is 0 Å². The van der Waals surface area contributed by atoms with Crippen molar-refractivity contribution < 1.29 is 9.84 Å². The van der Waals surface area contributed by atoms with E-state index in [0.29, 0.717) is 0 Å². The average molecular weight is 134 g/mol. The van der Waals surface area contributed by atoms with Gasteiger partial charge in [-0.15, -0.1) is 0 Å². The van der Waals surface area contributed by atoms with Crippen molar-refractivity contribution in [3.05, 3.63) is 0 Å². The van der Waals surface area contributed by atoms with Gasteiger partial charge in [0.1, 0.15) is 0 Å². The first-order chi connectivity index (χ1) is 4.35. The van der Waals surface area contributed by atoms with Crippen molar-refractivity contribution in [2.75, 3.05) is 13.7 Å². The van der Waals surface area contributed by atoms with Crippen molar-refractivity contribution in [1.29, 1.82) is 0 Å². The maximum atomic E-state index is 8.40. The zero-order chi connectivity index (χ0) is 7.70. The second kappa shape index (κ2) is 10.8. The molecule has 0 heterocycles. The summed E-state index contributed by atoms with van der Waals surface area (Å²) in [7, 11) is 1.60. The van der Waals surface area contributed by atoms with Gasteiger partial charge in [0.05, 0.1) is 12.7 Å². The summed E-state index contributed by atoms with van der Waals surface area (Å²) in [5.74, 6) is 0. The van der Waals surface area contributed by atoms with Gasteiger partial charge in [0, 0.05) is 7.11 Å². The number of methoxy groups -OCH3 is 1. The lowest BCUT2D eigenvalue weighted by Crippen LogP contribution is -2.13. The first-order valence-corrected chi connectivity index (χ1v) is 3.48. The fraction of sp³-hybridized carbons (Fsp3) is 1.00. The first-order valence-electron chi connectivity index (χ1n) is 3.48. The van der Waals surface area contributed by atoms with Crippen LogP contribution in [0.25, 0.3) is 0 Å². The third-order valence-corrected chi connectivity index (χ3v) is 0.992. The molecule has 0 aliphatic heterocycles. The quantitative estimate of drug-likeness (QED) is 0.632. The number of hydrogen-bond donors (Lipinski definition) is 1. The lowest BCUT2D eigenvalue weighted by Gasteiger charge is -2.06. The van der Waals surface area contributed by atoms with Crippen LogP contribution in [0.1, 0.15) is 27.2 Å². The van der Waals surface area contributed by atoms with E-state index in [-0.39, 0.29) is 12.7 Å². The summed E-state index contributed by atoms with van der Waals surface area (Å²) in [5, 5.41) is 8.40. The Hall–Kier alpha value is -0.0800. The summed E-state index contributed by atoms with van der Waals surface area (Å²) in [6.45, 7) is 6.11. The average Bonchev–Trinajstić information content (AvgIpc) is 1.96. The standard InChI is InChI=1S/C5H12O2.C2H6/c1-3-5(4-6)7-2;1-2/h5-6H,3-4H2,1-2H3;1-2H3/t5-;/m0./s1. The maximum Gasteiger partial charge on any atom is 0.0799 e. The molecule has 0 aliphatic rings. The minimum Gasteiger partial charge on any atom is -0.394 e. The number of rotatable bonds is 3. The van der Waals surface area contributed by atoms with Gasteiger partial charge in [-0.05, 0) is 6.42 Å². The zero-order valence-electron chi connectivity index (χ0n) is 6.85. The predicted molar refractivity (Wildman–Crippen MR) is 39.5 cm³/mol. The largest absolute Gasteiger partial charge is 0.394 e. The molecule has 1 atom stereocenters. The SMILES string of the molecule is CC.CC[C@@H](CO)OC. The monoisotopic (exact) mass is 134 g/mol. The van der Waals surface area contributed by atoms with Gasteiger partial charge in [-0.1, -0.05) is 20.8 Å². The lowest BCUT2D eigenvalue weighted by molar-refractivity contribution is 0.0467. The Balaban J connectivity index is 0. The Labute approximate surface area is 57.8 Å². The Bertz CT molecular complexity index is 28.4. The number of aliphatic hydroxyl groups excluding tert-OH is 1. The number of aliphatic hydroxyl groups is 1. The molecule has 0 aliphatic carbocycles. The molecular formula is C7H18O2. The smallest absolute Gasteiger partial charge is 0.0799 e. The highest BCUT2D eigenvalue weighted by molar-refractivity contribution is 4.47. The van der Waals surface area contributed by atoms with Gasteiger partial charge in [-0.3, -0.25) is 0 Å². The molecule has 1 N–H and O–H groups in total. The van der Waals surface area contributed by atoms with Gasteiger partial charge in [0.2, 0.25) is 0 Å². The Morgan fingerprint density at radius 2 is 1.89 bits per heavy atom. The van der Waals surface area contributed by atoms with E-state index in [1.807, 2.05) is 20.8 Å². The molecule has 0 aromatic heterocycles. The molecule has 0 rings (SSSR count). The van der Waals surface area contributed by atoms with Crippen molar-refractivity contribution in [3.63, 3.8) is 0 Å². The van der Waals surface area contributed by atoms with E-state index in [2.05, 4.69) is 0 Å². The van der Waals surface area contributed by atoms with Crippen LogP contribution in [0, 0.1) is 0 Å². The minimum atomic E-state index is 0.0417. The molecule has 0 spiro atoms. The lowest BCUT2D eigenvalue weighted by atomic mass is 10.3. The fourth-order valence-electron chi connectivity index (χ4n) is 0.370. The van der Waals surface area contributed by atoms with Crippen molar-refractivity contribution in [2.45, 2.75) is 33.3 Å². The molecule has 0 bridgehead atoms. The molecule has 0 amide bonds. The Morgan fingerprint density at radius 3 is 1.89 bits per heavy atom. The van der Waals surface area contributed by atoms with E-state index in [0.717, 1.165) is 6.42 Å². The molecule has 0 unspecified atom stereocenters. The van der Waals surface area contributed by atoms with Crippen LogP contribution in [-0.2, 0) is 4.74 Å². The summed E-state index contributed by atoms with van der Waals surface area (Å²) in [6.07, 6.45) is 0.924. The molecule has 2 heteroatoms. The summed E-state index contributed by atoms with van der Waals surface area (Å²) < 4.78 is 4.80.